The maximum absolute atomic E-state index is 12.6. The van der Waals surface area contributed by atoms with Gasteiger partial charge in [-0.2, -0.15) is 0 Å². The first kappa shape index (κ1) is 18.6. The van der Waals surface area contributed by atoms with E-state index in [1.165, 1.54) is 44.9 Å². The monoisotopic (exact) mass is 326 g/mol. The van der Waals surface area contributed by atoms with Crippen molar-refractivity contribution >= 4 is 11.6 Å². The molecule has 130 valence electrons. The zero-order chi connectivity index (χ0) is 17.4. The zero-order valence-electron chi connectivity index (χ0n) is 15.1. The summed E-state index contributed by atoms with van der Waals surface area (Å²) in [6, 6.07) is 7.15. The molecule has 0 spiro atoms. The van der Waals surface area contributed by atoms with E-state index in [9.17, 15) is 9.59 Å². The van der Waals surface area contributed by atoms with E-state index in [0.717, 1.165) is 12.8 Å². The van der Waals surface area contributed by atoms with Gasteiger partial charge in [0.05, 0.1) is 0 Å². The van der Waals surface area contributed by atoms with Gasteiger partial charge in [-0.15, -0.1) is 0 Å². The lowest BCUT2D eigenvalue weighted by Crippen LogP contribution is -2.20. The molecule has 1 aromatic rings. The van der Waals surface area contributed by atoms with Gasteiger partial charge in [0.25, 0.3) is 0 Å². The van der Waals surface area contributed by atoms with Crippen molar-refractivity contribution in [3.8, 4) is 0 Å². The van der Waals surface area contributed by atoms with Crippen molar-refractivity contribution in [3.63, 3.8) is 0 Å². The summed E-state index contributed by atoms with van der Waals surface area (Å²) in [6.07, 6.45) is 12.9. The van der Waals surface area contributed by atoms with Crippen LogP contribution in [0.25, 0.3) is 0 Å². The molecule has 2 nitrogen and oxygen atoms in total. The van der Waals surface area contributed by atoms with Crippen LogP contribution in [-0.2, 0) is 0 Å². The molecule has 0 amide bonds. The van der Waals surface area contributed by atoms with Crippen molar-refractivity contribution in [1.82, 2.24) is 0 Å². The SMILES string of the molecule is CCCCCCCCCCC(C)C1=CC(=O)c2ccccc2C1=O. The number of benzene rings is 1. The van der Waals surface area contributed by atoms with E-state index in [1.807, 2.05) is 12.1 Å². The van der Waals surface area contributed by atoms with E-state index >= 15 is 0 Å². The van der Waals surface area contributed by atoms with Gasteiger partial charge in [0.15, 0.2) is 11.6 Å². The lowest BCUT2D eigenvalue weighted by molar-refractivity contribution is 0.0975. The van der Waals surface area contributed by atoms with Crippen molar-refractivity contribution in [2.45, 2.75) is 71.6 Å². The number of unbranched alkanes of at least 4 members (excludes halogenated alkanes) is 7. The maximum Gasteiger partial charge on any atom is 0.190 e. The van der Waals surface area contributed by atoms with E-state index in [1.54, 1.807) is 18.2 Å². The van der Waals surface area contributed by atoms with Gasteiger partial charge in [-0.05, 0) is 18.4 Å². The van der Waals surface area contributed by atoms with Crippen LogP contribution in [0.15, 0.2) is 35.9 Å². The van der Waals surface area contributed by atoms with Crippen LogP contribution >= 0.6 is 0 Å². The summed E-state index contributed by atoms with van der Waals surface area (Å²) in [7, 11) is 0. The van der Waals surface area contributed by atoms with Crippen LogP contribution < -0.4 is 0 Å². The fraction of sp³-hybridized carbons (Fsp3) is 0.545. The molecule has 1 aliphatic carbocycles. The third-order valence-corrected chi connectivity index (χ3v) is 5.01. The third-order valence-electron chi connectivity index (χ3n) is 5.01. The Kier molecular flexibility index (Phi) is 7.42. The summed E-state index contributed by atoms with van der Waals surface area (Å²) in [5.41, 5.74) is 1.81. The van der Waals surface area contributed by atoms with E-state index in [-0.39, 0.29) is 17.5 Å². The number of carbonyl (C=O) groups is 2. The van der Waals surface area contributed by atoms with Gasteiger partial charge < -0.3 is 0 Å². The molecule has 0 fully saturated rings. The van der Waals surface area contributed by atoms with Gasteiger partial charge in [0.2, 0.25) is 0 Å². The Hall–Kier alpha value is -1.70. The second kappa shape index (κ2) is 9.56. The van der Waals surface area contributed by atoms with E-state index in [0.29, 0.717) is 16.7 Å². The second-order valence-corrected chi connectivity index (χ2v) is 7.00. The highest BCUT2D eigenvalue weighted by Crippen LogP contribution is 2.28. The van der Waals surface area contributed by atoms with Crippen molar-refractivity contribution in [2.75, 3.05) is 0 Å². The Morgan fingerprint density at radius 2 is 1.42 bits per heavy atom. The average Bonchev–Trinajstić information content (AvgIpc) is 2.60. The minimum Gasteiger partial charge on any atom is -0.289 e. The number of rotatable bonds is 10. The molecule has 1 atom stereocenters. The number of ketones is 2. The third kappa shape index (κ3) is 4.90. The van der Waals surface area contributed by atoms with Crippen LogP contribution in [0.2, 0.25) is 0 Å². The molecule has 0 radical (unpaired) electrons. The van der Waals surface area contributed by atoms with Crippen LogP contribution in [0, 0.1) is 5.92 Å². The molecular weight excluding hydrogens is 296 g/mol. The summed E-state index contributed by atoms with van der Waals surface area (Å²) < 4.78 is 0. The summed E-state index contributed by atoms with van der Waals surface area (Å²) in [5, 5.41) is 0. The highest BCUT2D eigenvalue weighted by atomic mass is 16.1. The van der Waals surface area contributed by atoms with Gasteiger partial charge in [-0.25, -0.2) is 0 Å². The molecular formula is C22H30O2. The Bertz CT molecular complexity index is 598. The smallest absolute Gasteiger partial charge is 0.190 e. The van der Waals surface area contributed by atoms with Crippen LogP contribution in [0.5, 0.6) is 0 Å². The predicted molar refractivity (Wildman–Crippen MR) is 99.6 cm³/mol. The molecule has 0 aromatic heterocycles. The van der Waals surface area contributed by atoms with Crippen molar-refractivity contribution in [2.24, 2.45) is 5.92 Å². The van der Waals surface area contributed by atoms with Gasteiger partial charge in [0.1, 0.15) is 0 Å². The first-order valence-electron chi connectivity index (χ1n) is 9.54. The molecule has 2 rings (SSSR count). The van der Waals surface area contributed by atoms with Crippen LogP contribution in [0.4, 0.5) is 0 Å². The number of carbonyl (C=O) groups excluding carboxylic acids is 2. The van der Waals surface area contributed by atoms with Gasteiger partial charge in [-0.1, -0.05) is 89.5 Å². The lowest BCUT2D eigenvalue weighted by Gasteiger charge is -2.20. The molecule has 24 heavy (non-hydrogen) atoms. The van der Waals surface area contributed by atoms with E-state index in [2.05, 4.69) is 13.8 Å². The first-order chi connectivity index (χ1) is 11.6. The highest BCUT2D eigenvalue weighted by molar-refractivity contribution is 6.24. The molecule has 2 heteroatoms. The molecule has 0 saturated carbocycles. The Morgan fingerprint density at radius 3 is 2.08 bits per heavy atom. The van der Waals surface area contributed by atoms with Crippen molar-refractivity contribution < 1.29 is 9.59 Å². The normalized spacial score (nSPS) is 15.2. The van der Waals surface area contributed by atoms with Gasteiger partial charge >= 0.3 is 0 Å². The fourth-order valence-corrected chi connectivity index (χ4v) is 3.44. The van der Waals surface area contributed by atoms with Crippen molar-refractivity contribution in [1.29, 1.82) is 0 Å². The minimum atomic E-state index is -0.0250. The van der Waals surface area contributed by atoms with Crippen LogP contribution in [0.3, 0.4) is 0 Å². The van der Waals surface area contributed by atoms with Gasteiger partial charge in [0, 0.05) is 16.7 Å². The predicted octanol–water partition coefficient (Wildman–Crippen LogP) is 6.16. The van der Waals surface area contributed by atoms with E-state index in [4.69, 9.17) is 0 Å². The lowest BCUT2D eigenvalue weighted by atomic mass is 9.82. The summed E-state index contributed by atoms with van der Waals surface area (Å²) in [4.78, 5) is 24.8. The largest absolute Gasteiger partial charge is 0.289 e. The molecule has 0 bridgehead atoms. The van der Waals surface area contributed by atoms with Crippen LogP contribution in [-0.4, -0.2) is 11.6 Å². The Balaban J connectivity index is 1.78. The molecule has 0 saturated heterocycles. The zero-order valence-corrected chi connectivity index (χ0v) is 15.1. The second-order valence-electron chi connectivity index (χ2n) is 7.00. The number of allylic oxidation sites excluding steroid dienone is 2. The molecule has 0 aliphatic heterocycles. The number of Topliss-reactive ketones (excluding diaryl/α,β-unsaturated/α-hetero) is 1. The fourth-order valence-electron chi connectivity index (χ4n) is 3.44. The first-order valence-corrected chi connectivity index (χ1v) is 9.54. The molecule has 1 aliphatic rings. The van der Waals surface area contributed by atoms with E-state index < -0.39 is 0 Å². The Labute approximate surface area is 146 Å². The molecule has 1 unspecified atom stereocenters. The highest BCUT2D eigenvalue weighted by Gasteiger charge is 2.27. The van der Waals surface area contributed by atoms with Gasteiger partial charge in [-0.3, -0.25) is 9.59 Å². The number of fused-ring (bicyclic) bond motifs is 1. The number of hydrogen-bond donors (Lipinski definition) is 0. The average molecular weight is 326 g/mol. The summed E-state index contributed by atoms with van der Waals surface area (Å²) >= 11 is 0. The summed E-state index contributed by atoms with van der Waals surface area (Å²) in [6.45, 7) is 4.32. The number of hydrogen-bond acceptors (Lipinski definition) is 2. The molecule has 0 heterocycles. The summed E-state index contributed by atoms with van der Waals surface area (Å²) in [5.74, 6) is 0.176. The standard InChI is InChI=1S/C22H30O2/c1-3-4-5-6-7-8-9-10-13-17(2)20-16-21(23)18-14-11-12-15-19(18)22(20)24/h11-12,14-17H,3-10,13H2,1-2H3. The maximum atomic E-state index is 12.6. The minimum absolute atomic E-state index is 0.0250. The molecule has 0 N–H and O–H groups in total. The topological polar surface area (TPSA) is 34.1 Å². The Morgan fingerprint density at radius 1 is 0.833 bits per heavy atom. The quantitative estimate of drug-likeness (QED) is 0.483. The van der Waals surface area contributed by atoms with Crippen LogP contribution in [0.1, 0.15) is 92.4 Å². The molecule has 1 aromatic carbocycles. The van der Waals surface area contributed by atoms with Crippen molar-refractivity contribution in [3.05, 3.63) is 47.0 Å².